The van der Waals surface area contributed by atoms with Gasteiger partial charge in [0.25, 0.3) is 0 Å². The summed E-state index contributed by atoms with van der Waals surface area (Å²) in [6.45, 7) is 11.0. The first-order valence-electron chi connectivity index (χ1n) is 6.36. The molecule has 1 heterocycles. The summed E-state index contributed by atoms with van der Waals surface area (Å²) >= 11 is 0. The largest absolute Gasteiger partial charge is 0.465 e. The Morgan fingerprint density at radius 2 is 2.00 bits per heavy atom. The number of nitrogens with zero attached hydrogens (tertiary/aromatic N) is 1. The maximum Gasteiger partial charge on any atom is 0.407 e. The number of amides is 1. The highest BCUT2D eigenvalue weighted by atomic mass is 28.4. The normalized spacial score (nSPS) is 25.6. The average molecular weight is 275 g/mol. The van der Waals surface area contributed by atoms with Crippen molar-refractivity contribution in [2.45, 2.75) is 57.5 Å². The first kappa shape index (κ1) is 15.5. The van der Waals surface area contributed by atoms with Crippen LogP contribution in [-0.2, 0) is 4.43 Å². The number of carbonyl (C=O) groups is 1. The first-order valence-corrected chi connectivity index (χ1v) is 9.27. The molecule has 106 valence electrons. The molecule has 1 rings (SSSR count). The Kier molecular flexibility index (Phi) is 4.45. The molecule has 0 spiro atoms. The molecule has 0 unspecified atom stereocenters. The summed E-state index contributed by atoms with van der Waals surface area (Å²) in [7, 11) is -1.88. The van der Waals surface area contributed by atoms with Gasteiger partial charge in [-0.15, -0.1) is 0 Å². The van der Waals surface area contributed by atoms with E-state index in [2.05, 4.69) is 33.9 Å². The van der Waals surface area contributed by atoms with Crippen molar-refractivity contribution in [1.29, 1.82) is 0 Å². The number of rotatable bonds is 3. The van der Waals surface area contributed by atoms with Crippen LogP contribution in [0.15, 0.2) is 0 Å². The van der Waals surface area contributed by atoms with Gasteiger partial charge in [-0.1, -0.05) is 20.8 Å². The van der Waals surface area contributed by atoms with Gasteiger partial charge in [0.1, 0.15) is 0 Å². The topological polar surface area (TPSA) is 70.0 Å². The minimum Gasteiger partial charge on any atom is -0.465 e. The summed E-state index contributed by atoms with van der Waals surface area (Å²) in [5.41, 5.74) is 0. The number of aliphatic hydroxyl groups is 1. The quantitative estimate of drug-likeness (QED) is 0.774. The van der Waals surface area contributed by atoms with Crippen molar-refractivity contribution in [3.8, 4) is 0 Å². The van der Waals surface area contributed by atoms with E-state index in [0.29, 0.717) is 13.0 Å². The van der Waals surface area contributed by atoms with Crippen LogP contribution in [0.5, 0.6) is 0 Å². The smallest absolute Gasteiger partial charge is 0.407 e. The van der Waals surface area contributed by atoms with Gasteiger partial charge >= 0.3 is 6.09 Å². The third-order valence-corrected chi connectivity index (χ3v) is 8.63. The van der Waals surface area contributed by atoms with Crippen LogP contribution in [0.3, 0.4) is 0 Å². The molecule has 1 aliphatic heterocycles. The Bertz CT molecular complexity index is 314. The van der Waals surface area contributed by atoms with Gasteiger partial charge in [-0.05, 0) is 24.6 Å². The van der Waals surface area contributed by atoms with Crippen LogP contribution in [0.1, 0.15) is 27.2 Å². The molecule has 0 bridgehead atoms. The molecule has 1 fully saturated rings. The number of aliphatic hydroxyl groups excluding tert-OH is 1. The minimum atomic E-state index is -1.88. The van der Waals surface area contributed by atoms with E-state index in [9.17, 15) is 9.90 Å². The minimum absolute atomic E-state index is 0.0841. The lowest BCUT2D eigenvalue weighted by Crippen LogP contribution is -2.44. The van der Waals surface area contributed by atoms with E-state index in [4.69, 9.17) is 9.53 Å². The van der Waals surface area contributed by atoms with E-state index in [0.717, 1.165) is 0 Å². The van der Waals surface area contributed by atoms with Crippen LogP contribution in [0.2, 0.25) is 18.1 Å². The molecule has 5 nitrogen and oxygen atoms in total. The van der Waals surface area contributed by atoms with Crippen molar-refractivity contribution >= 4 is 14.4 Å². The van der Waals surface area contributed by atoms with Gasteiger partial charge < -0.3 is 19.5 Å². The first-order chi connectivity index (χ1) is 8.08. The number of carboxylic acid groups (broad SMARTS) is 1. The summed E-state index contributed by atoms with van der Waals surface area (Å²) < 4.78 is 6.20. The molecule has 0 aliphatic carbocycles. The van der Waals surface area contributed by atoms with Gasteiger partial charge in [0.15, 0.2) is 8.32 Å². The van der Waals surface area contributed by atoms with Gasteiger partial charge in [-0.25, -0.2) is 4.79 Å². The Hall–Kier alpha value is -0.593. The lowest BCUT2D eigenvalue weighted by atomic mass is 10.2. The van der Waals surface area contributed by atoms with Crippen molar-refractivity contribution in [2.75, 3.05) is 13.2 Å². The second kappa shape index (κ2) is 5.18. The molecule has 6 heteroatoms. The maximum absolute atomic E-state index is 11.0. The van der Waals surface area contributed by atoms with Crippen LogP contribution < -0.4 is 0 Å². The van der Waals surface area contributed by atoms with E-state index in [1.54, 1.807) is 0 Å². The molecule has 0 aromatic heterocycles. The molecular formula is C12H25NO4Si. The third-order valence-electron chi connectivity index (χ3n) is 4.10. The Morgan fingerprint density at radius 1 is 1.44 bits per heavy atom. The fraction of sp³-hybridized carbons (Fsp3) is 0.917. The van der Waals surface area contributed by atoms with Crippen LogP contribution in [-0.4, -0.2) is 54.8 Å². The van der Waals surface area contributed by atoms with E-state index >= 15 is 0 Å². The molecule has 2 atom stereocenters. The Labute approximate surface area is 110 Å². The molecule has 1 saturated heterocycles. The molecule has 1 amide bonds. The molecule has 0 aromatic rings. The zero-order chi connectivity index (χ0) is 14.1. The predicted octanol–water partition coefficient (Wildman–Crippen LogP) is 2.12. The van der Waals surface area contributed by atoms with Crippen molar-refractivity contribution in [3.05, 3.63) is 0 Å². The Morgan fingerprint density at radius 3 is 2.33 bits per heavy atom. The highest BCUT2D eigenvalue weighted by Crippen LogP contribution is 2.38. The van der Waals surface area contributed by atoms with Crippen LogP contribution >= 0.6 is 0 Å². The number of likely N-dealkylation sites (tertiary alicyclic amines) is 1. The Balaban J connectivity index is 2.69. The lowest BCUT2D eigenvalue weighted by molar-refractivity contribution is 0.116. The highest BCUT2D eigenvalue weighted by Gasteiger charge is 2.43. The van der Waals surface area contributed by atoms with Gasteiger partial charge in [-0.3, -0.25) is 0 Å². The second-order valence-corrected chi connectivity index (χ2v) is 11.3. The monoisotopic (exact) mass is 275 g/mol. The van der Waals surface area contributed by atoms with Crippen LogP contribution in [0.4, 0.5) is 4.79 Å². The van der Waals surface area contributed by atoms with Gasteiger partial charge in [0, 0.05) is 6.54 Å². The molecule has 0 saturated carbocycles. The molecule has 0 aromatic carbocycles. The third kappa shape index (κ3) is 3.24. The summed E-state index contributed by atoms with van der Waals surface area (Å²) in [6.07, 6.45) is -0.468. The fourth-order valence-corrected chi connectivity index (χ4v) is 3.32. The van der Waals surface area contributed by atoms with Crippen LogP contribution in [0.25, 0.3) is 0 Å². The standard InChI is InChI=1S/C12H25NO4Si/c1-12(2,3)18(4,5)17-10-6-9(8-14)13(7-10)11(15)16/h9-10,14H,6-8H2,1-5H3,(H,15,16)/t9-,10-/m1/s1. The summed E-state index contributed by atoms with van der Waals surface area (Å²) in [5, 5.41) is 18.4. The predicted molar refractivity (Wildman–Crippen MR) is 72.3 cm³/mol. The number of hydrogen-bond acceptors (Lipinski definition) is 3. The van der Waals surface area contributed by atoms with Crippen molar-refractivity contribution in [3.63, 3.8) is 0 Å². The van der Waals surface area contributed by atoms with E-state index < -0.39 is 14.4 Å². The molecule has 18 heavy (non-hydrogen) atoms. The molecule has 2 N–H and O–H groups in total. The second-order valence-electron chi connectivity index (χ2n) is 6.51. The SMILES string of the molecule is CC(C)(C)[Si](C)(C)O[C@@H]1C[C@H](CO)N(C(=O)O)C1. The molecule has 0 radical (unpaired) electrons. The van der Waals surface area contributed by atoms with E-state index in [1.165, 1.54) is 4.90 Å². The lowest BCUT2D eigenvalue weighted by Gasteiger charge is -2.38. The van der Waals surface area contributed by atoms with Crippen molar-refractivity contribution < 1.29 is 19.4 Å². The molecular weight excluding hydrogens is 250 g/mol. The molecule has 1 aliphatic rings. The maximum atomic E-state index is 11.0. The average Bonchev–Trinajstić information content (AvgIpc) is 2.58. The zero-order valence-electron chi connectivity index (χ0n) is 11.9. The van der Waals surface area contributed by atoms with E-state index in [1.807, 2.05) is 0 Å². The van der Waals surface area contributed by atoms with Gasteiger partial charge in [0.2, 0.25) is 0 Å². The summed E-state index contributed by atoms with van der Waals surface area (Å²) in [4.78, 5) is 12.3. The number of hydrogen-bond donors (Lipinski definition) is 2. The van der Waals surface area contributed by atoms with E-state index in [-0.39, 0.29) is 23.8 Å². The van der Waals surface area contributed by atoms with Crippen molar-refractivity contribution in [2.24, 2.45) is 0 Å². The zero-order valence-corrected chi connectivity index (χ0v) is 12.9. The highest BCUT2D eigenvalue weighted by molar-refractivity contribution is 6.74. The summed E-state index contributed by atoms with van der Waals surface area (Å²) in [6, 6.07) is -0.322. The van der Waals surface area contributed by atoms with Crippen LogP contribution in [0, 0.1) is 0 Å². The van der Waals surface area contributed by atoms with Crippen molar-refractivity contribution in [1.82, 2.24) is 4.90 Å². The van der Waals surface area contributed by atoms with Gasteiger partial charge in [-0.2, -0.15) is 0 Å². The summed E-state index contributed by atoms with van der Waals surface area (Å²) in [5.74, 6) is 0. The van der Waals surface area contributed by atoms with Gasteiger partial charge in [0.05, 0.1) is 18.8 Å². The fourth-order valence-electron chi connectivity index (χ4n) is 1.96.